The van der Waals surface area contributed by atoms with Crippen LogP contribution in [0.15, 0.2) is 35.1 Å². The molecule has 1 aromatic carbocycles. The van der Waals surface area contributed by atoms with Crippen LogP contribution in [0.2, 0.25) is 0 Å². The molecule has 0 unspecified atom stereocenters. The number of amides is 2. The Morgan fingerprint density at radius 1 is 1.11 bits per heavy atom. The van der Waals surface area contributed by atoms with E-state index in [9.17, 15) is 9.59 Å². The summed E-state index contributed by atoms with van der Waals surface area (Å²) in [6.45, 7) is 0.115. The van der Waals surface area contributed by atoms with Gasteiger partial charge in [-0.05, 0) is 31.0 Å². The van der Waals surface area contributed by atoms with Gasteiger partial charge in [0.05, 0.1) is 0 Å². The molecule has 142 valence electrons. The Kier molecular flexibility index (Phi) is 4.95. The number of aromatic nitrogens is 1. The fraction of sp³-hybridized carbons (Fsp3) is 0.421. The molecule has 0 spiro atoms. The normalized spacial score (nSPS) is 16.1. The predicted octanol–water partition coefficient (Wildman–Crippen LogP) is 2.82. The molecule has 1 aliphatic heterocycles. The Hall–Kier alpha value is -3.03. The van der Waals surface area contributed by atoms with Crippen LogP contribution in [0.1, 0.15) is 42.5 Å². The summed E-state index contributed by atoms with van der Waals surface area (Å²) in [5, 5.41) is 6.33. The van der Waals surface area contributed by atoms with Crippen molar-refractivity contribution < 1.29 is 23.6 Å². The van der Waals surface area contributed by atoms with Gasteiger partial charge in [0, 0.05) is 17.7 Å². The van der Waals surface area contributed by atoms with Crippen LogP contribution in [0, 0.1) is 0 Å². The molecule has 1 N–H and O–H groups in total. The van der Waals surface area contributed by atoms with Crippen molar-refractivity contribution in [2.75, 3.05) is 18.7 Å². The van der Waals surface area contributed by atoms with Gasteiger partial charge in [0.15, 0.2) is 17.3 Å². The maximum absolute atomic E-state index is 13.2. The molecule has 1 saturated carbocycles. The molecule has 2 aliphatic rings. The maximum atomic E-state index is 13.2. The molecule has 8 heteroatoms. The van der Waals surface area contributed by atoms with Gasteiger partial charge in [0.25, 0.3) is 5.91 Å². The number of nitrogens with zero attached hydrogens (tertiary/aromatic N) is 2. The monoisotopic (exact) mass is 371 g/mol. The van der Waals surface area contributed by atoms with Crippen molar-refractivity contribution in [2.45, 2.75) is 38.1 Å². The zero-order valence-corrected chi connectivity index (χ0v) is 14.8. The van der Waals surface area contributed by atoms with E-state index in [-0.39, 0.29) is 31.2 Å². The Morgan fingerprint density at radius 3 is 2.70 bits per heavy atom. The van der Waals surface area contributed by atoms with Gasteiger partial charge < -0.3 is 24.2 Å². The lowest BCUT2D eigenvalue weighted by Gasteiger charge is -2.34. The number of carbonyl (C=O) groups is 2. The van der Waals surface area contributed by atoms with Crippen molar-refractivity contribution in [2.24, 2.45) is 0 Å². The van der Waals surface area contributed by atoms with Crippen LogP contribution in [0.4, 0.5) is 5.82 Å². The second kappa shape index (κ2) is 7.69. The quantitative estimate of drug-likeness (QED) is 0.869. The molecule has 8 nitrogen and oxygen atoms in total. The van der Waals surface area contributed by atoms with E-state index in [2.05, 4.69) is 10.5 Å². The highest BCUT2D eigenvalue weighted by molar-refractivity contribution is 5.99. The first-order valence-corrected chi connectivity index (χ1v) is 9.11. The first-order valence-electron chi connectivity index (χ1n) is 9.11. The second-order valence-electron chi connectivity index (χ2n) is 6.73. The zero-order chi connectivity index (χ0) is 18.6. The first kappa shape index (κ1) is 17.4. The summed E-state index contributed by atoms with van der Waals surface area (Å²) in [7, 11) is 0. The molecule has 4 rings (SSSR count). The maximum Gasteiger partial charge on any atom is 0.254 e. The zero-order valence-electron chi connectivity index (χ0n) is 14.8. The van der Waals surface area contributed by atoms with E-state index in [0.29, 0.717) is 22.9 Å². The second-order valence-corrected chi connectivity index (χ2v) is 6.73. The van der Waals surface area contributed by atoms with E-state index in [4.69, 9.17) is 14.0 Å². The van der Waals surface area contributed by atoms with Gasteiger partial charge >= 0.3 is 0 Å². The van der Waals surface area contributed by atoms with Crippen LogP contribution in [0.5, 0.6) is 11.5 Å². The van der Waals surface area contributed by atoms with Gasteiger partial charge in [0.2, 0.25) is 12.7 Å². The highest BCUT2D eigenvalue weighted by Crippen LogP contribution is 2.33. The fourth-order valence-electron chi connectivity index (χ4n) is 3.57. The number of hydrogen-bond acceptors (Lipinski definition) is 6. The van der Waals surface area contributed by atoms with Crippen LogP contribution >= 0.6 is 0 Å². The minimum Gasteiger partial charge on any atom is -0.454 e. The van der Waals surface area contributed by atoms with E-state index >= 15 is 0 Å². The Balaban J connectivity index is 1.53. The van der Waals surface area contributed by atoms with E-state index in [1.165, 1.54) is 6.26 Å². The summed E-state index contributed by atoms with van der Waals surface area (Å²) in [5.41, 5.74) is 0.485. The summed E-state index contributed by atoms with van der Waals surface area (Å²) in [4.78, 5) is 27.3. The summed E-state index contributed by atoms with van der Waals surface area (Å²) < 4.78 is 15.4. The number of benzene rings is 1. The number of hydrogen-bond donors (Lipinski definition) is 1. The third kappa shape index (κ3) is 3.89. The third-order valence-corrected chi connectivity index (χ3v) is 4.92. The molecule has 0 saturated heterocycles. The minimum atomic E-state index is -0.302. The number of rotatable bonds is 5. The molecule has 0 bridgehead atoms. The average Bonchev–Trinajstić information content (AvgIpc) is 3.37. The predicted molar refractivity (Wildman–Crippen MR) is 95.6 cm³/mol. The number of carbonyl (C=O) groups excluding carboxylic acids is 2. The molecule has 1 fully saturated rings. The standard InChI is InChI=1S/C19H21N3O5/c23-18(20-17-8-9-27-21-17)11-22(14-4-2-1-3-5-14)19(24)13-6-7-15-16(10-13)26-12-25-15/h6-10,14H,1-5,11-12H2,(H,20,21,23). The summed E-state index contributed by atoms with van der Waals surface area (Å²) in [6.07, 6.45) is 6.45. The van der Waals surface area contributed by atoms with Gasteiger partial charge in [-0.3, -0.25) is 9.59 Å². The van der Waals surface area contributed by atoms with E-state index in [1.54, 1.807) is 29.2 Å². The number of nitrogens with one attached hydrogen (secondary N) is 1. The molecule has 2 heterocycles. The lowest BCUT2D eigenvalue weighted by molar-refractivity contribution is -0.117. The number of ether oxygens (including phenoxy) is 2. The Labute approximate surface area is 156 Å². The lowest BCUT2D eigenvalue weighted by atomic mass is 9.93. The van der Waals surface area contributed by atoms with Crippen molar-refractivity contribution >= 4 is 17.6 Å². The topological polar surface area (TPSA) is 93.9 Å². The fourth-order valence-corrected chi connectivity index (χ4v) is 3.57. The van der Waals surface area contributed by atoms with Crippen LogP contribution < -0.4 is 14.8 Å². The summed E-state index contributed by atoms with van der Waals surface area (Å²) in [5.74, 6) is 1.02. The number of fused-ring (bicyclic) bond motifs is 1. The minimum absolute atomic E-state index is 0.0369. The van der Waals surface area contributed by atoms with Crippen molar-refractivity contribution in [1.82, 2.24) is 10.1 Å². The smallest absolute Gasteiger partial charge is 0.254 e. The van der Waals surface area contributed by atoms with Crippen molar-refractivity contribution in [3.8, 4) is 11.5 Å². The van der Waals surface area contributed by atoms with Crippen molar-refractivity contribution in [3.63, 3.8) is 0 Å². The molecule has 1 aliphatic carbocycles. The van der Waals surface area contributed by atoms with Crippen LogP contribution in [0.3, 0.4) is 0 Å². The SMILES string of the molecule is O=C(CN(C(=O)c1ccc2c(c1)OCO2)C1CCCCC1)Nc1ccon1. The van der Waals surface area contributed by atoms with E-state index in [0.717, 1.165) is 32.1 Å². The van der Waals surface area contributed by atoms with E-state index < -0.39 is 0 Å². The Morgan fingerprint density at radius 2 is 1.93 bits per heavy atom. The van der Waals surface area contributed by atoms with Crippen LogP contribution in [-0.2, 0) is 4.79 Å². The molecular weight excluding hydrogens is 350 g/mol. The molecule has 2 aromatic rings. The van der Waals surface area contributed by atoms with Crippen LogP contribution in [0.25, 0.3) is 0 Å². The largest absolute Gasteiger partial charge is 0.454 e. The van der Waals surface area contributed by atoms with Crippen LogP contribution in [-0.4, -0.2) is 41.3 Å². The molecule has 27 heavy (non-hydrogen) atoms. The van der Waals surface area contributed by atoms with Crippen molar-refractivity contribution in [3.05, 3.63) is 36.1 Å². The van der Waals surface area contributed by atoms with Gasteiger partial charge in [0.1, 0.15) is 12.8 Å². The number of anilines is 1. The highest BCUT2D eigenvalue weighted by atomic mass is 16.7. The van der Waals surface area contributed by atoms with Gasteiger partial charge in [-0.25, -0.2) is 0 Å². The van der Waals surface area contributed by atoms with Crippen molar-refractivity contribution in [1.29, 1.82) is 0 Å². The highest BCUT2D eigenvalue weighted by Gasteiger charge is 2.29. The molecular formula is C19H21N3O5. The molecule has 0 atom stereocenters. The first-order chi connectivity index (χ1) is 13.2. The average molecular weight is 371 g/mol. The molecule has 2 amide bonds. The van der Waals surface area contributed by atoms with Gasteiger partial charge in [-0.15, -0.1) is 0 Å². The molecule has 0 radical (unpaired) electrons. The molecule has 1 aromatic heterocycles. The third-order valence-electron chi connectivity index (χ3n) is 4.92. The van der Waals surface area contributed by atoms with Gasteiger partial charge in [-0.2, -0.15) is 0 Å². The van der Waals surface area contributed by atoms with Gasteiger partial charge in [-0.1, -0.05) is 24.4 Å². The summed E-state index contributed by atoms with van der Waals surface area (Å²) in [6, 6.07) is 6.71. The summed E-state index contributed by atoms with van der Waals surface area (Å²) >= 11 is 0. The lowest BCUT2D eigenvalue weighted by Crippen LogP contribution is -2.45. The van der Waals surface area contributed by atoms with E-state index in [1.807, 2.05) is 0 Å². The Bertz CT molecular complexity index is 815.